The summed E-state index contributed by atoms with van der Waals surface area (Å²) in [5.74, 6) is -1.18. The first-order valence-electron chi connectivity index (χ1n) is 5.53. The van der Waals surface area contributed by atoms with Crippen LogP contribution in [0.25, 0.3) is 0 Å². The standard InChI is InChI=1S/C10H17N3O4S/c1-4-5-8(10(14)15)12-18(16,17)9-6-11-13(3)7(9)2/h6,8,12H,4-5H2,1-3H3,(H,14,15). The summed E-state index contributed by atoms with van der Waals surface area (Å²) < 4.78 is 27.7. The summed E-state index contributed by atoms with van der Waals surface area (Å²) in [6, 6.07) is -1.11. The molecule has 0 aliphatic heterocycles. The Morgan fingerprint density at radius 2 is 2.22 bits per heavy atom. The molecule has 0 saturated carbocycles. The maximum absolute atomic E-state index is 12.0. The van der Waals surface area contributed by atoms with Gasteiger partial charge in [0.1, 0.15) is 10.9 Å². The first-order valence-corrected chi connectivity index (χ1v) is 7.01. The Morgan fingerprint density at radius 1 is 1.61 bits per heavy atom. The van der Waals surface area contributed by atoms with Crippen molar-refractivity contribution in [3.63, 3.8) is 0 Å². The van der Waals surface area contributed by atoms with E-state index in [9.17, 15) is 13.2 Å². The third-order valence-corrected chi connectivity index (χ3v) is 4.23. The Balaban J connectivity index is 3.01. The van der Waals surface area contributed by atoms with E-state index in [1.807, 2.05) is 0 Å². The Morgan fingerprint density at radius 3 is 2.61 bits per heavy atom. The van der Waals surface area contributed by atoms with Gasteiger partial charge in [0.2, 0.25) is 10.0 Å². The smallest absolute Gasteiger partial charge is 0.321 e. The third-order valence-electron chi connectivity index (χ3n) is 2.65. The molecular formula is C10H17N3O4S. The van der Waals surface area contributed by atoms with Crippen LogP contribution >= 0.6 is 0 Å². The highest BCUT2D eigenvalue weighted by Gasteiger charge is 2.27. The Hall–Kier alpha value is -1.41. The summed E-state index contributed by atoms with van der Waals surface area (Å²) in [6.07, 6.45) is 2.03. The second kappa shape index (κ2) is 5.49. The molecule has 0 spiro atoms. The number of aliphatic carboxylic acids is 1. The SMILES string of the molecule is CCCC(NS(=O)(=O)c1cnn(C)c1C)C(=O)O. The molecular weight excluding hydrogens is 258 g/mol. The lowest BCUT2D eigenvalue weighted by Crippen LogP contribution is -2.40. The predicted molar refractivity (Wildman–Crippen MR) is 64.6 cm³/mol. The van der Waals surface area contributed by atoms with E-state index >= 15 is 0 Å². The number of hydrogen-bond acceptors (Lipinski definition) is 4. The minimum Gasteiger partial charge on any atom is -0.480 e. The summed E-state index contributed by atoms with van der Waals surface area (Å²) in [7, 11) is -2.23. The van der Waals surface area contributed by atoms with Crippen LogP contribution in [0.4, 0.5) is 0 Å². The first kappa shape index (κ1) is 14.7. The van der Waals surface area contributed by atoms with Crippen LogP contribution in [-0.4, -0.2) is 35.3 Å². The fraction of sp³-hybridized carbons (Fsp3) is 0.600. The van der Waals surface area contributed by atoms with Gasteiger partial charge in [-0.3, -0.25) is 9.48 Å². The van der Waals surface area contributed by atoms with Crippen molar-refractivity contribution in [2.75, 3.05) is 0 Å². The van der Waals surface area contributed by atoms with E-state index in [-0.39, 0.29) is 11.3 Å². The van der Waals surface area contributed by atoms with Crippen LogP contribution in [0.15, 0.2) is 11.1 Å². The van der Waals surface area contributed by atoms with Crippen LogP contribution in [0.5, 0.6) is 0 Å². The first-order chi connectivity index (χ1) is 8.29. The molecule has 0 fully saturated rings. The lowest BCUT2D eigenvalue weighted by Gasteiger charge is -2.13. The lowest BCUT2D eigenvalue weighted by molar-refractivity contribution is -0.139. The van der Waals surface area contributed by atoms with Crippen LogP contribution in [-0.2, 0) is 21.9 Å². The fourth-order valence-electron chi connectivity index (χ4n) is 1.51. The maximum atomic E-state index is 12.0. The van der Waals surface area contributed by atoms with Gasteiger partial charge in [-0.15, -0.1) is 0 Å². The average Bonchev–Trinajstić information content (AvgIpc) is 2.59. The minimum absolute atomic E-state index is 0.00681. The van der Waals surface area contributed by atoms with E-state index in [1.54, 1.807) is 20.9 Å². The number of carboxylic acids is 1. The van der Waals surface area contributed by atoms with Crippen molar-refractivity contribution >= 4 is 16.0 Å². The molecule has 18 heavy (non-hydrogen) atoms. The summed E-state index contributed by atoms with van der Waals surface area (Å²) >= 11 is 0. The van der Waals surface area contributed by atoms with Gasteiger partial charge in [0.15, 0.2) is 0 Å². The molecule has 1 unspecified atom stereocenters. The number of rotatable bonds is 6. The molecule has 0 radical (unpaired) electrons. The van der Waals surface area contributed by atoms with E-state index in [2.05, 4.69) is 9.82 Å². The Bertz CT molecular complexity index is 535. The Labute approximate surface area is 106 Å². The highest BCUT2D eigenvalue weighted by atomic mass is 32.2. The minimum atomic E-state index is -3.85. The zero-order valence-electron chi connectivity index (χ0n) is 10.5. The monoisotopic (exact) mass is 275 g/mol. The number of carboxylic acid groups (broad SMARTS) is 1. The zero-order valence-corrected chi connectivity index (χ0v) is 11.4. The molecule has 1 aromatic rings. The third kappa shape index (κ3) is 3.08. The van der Waals surface area contributed by atoms with Crippen LogP contribution in [0.2, 0.25) is 0 Å². The van der Waals surface area contributed by atoms with Crippen molar-refractivity contribution in [2.24, 2.45) is 7.05 Å². The highest BCUT2D eigenvalue weighted by Crippen LogP contribution is 2.14. The maximum Gasteiger partial charge on any atom is 0.321 e. The van der Waals surface area contributed by atoms with Gasteiger partial charge >= 0.3 is 5.97 Å². The molecule has 0 aromatic carbocycles. The lowest BCUT2D eigenvalue weighted by atomic mass is 10.2. The van der Waals surface area contributed by atoms with E-state index in [4.69, 9.17) is 5.11 Å². The highest BCUT2D eigenvalue weighted by molar-refractivity contribution is 7.89. The largest absolute Gasteiger partial charge is 0.480 e. The zero-order chi connectivity index (χ0) is 13.9. The molecule has 0 aliphatic carbocycles. The quantitative estimate of drug-likeness (QED) is 0.775. The molecule has 0 aliphatic rings. The second-order valence-corrected chi connectivity index (χ2v) is 5.70. The van der Waals surface area contributed by atoms with Gasteiger partial charge in [0.25, 0.3) is 0 Å². The number of aryl methyl sites for hydroxylation is 1. The van der Waals surface area contributed by atoms with Crippen molar-refractivity contribution in [2.45, 2.75) is 37.6 Å². The van der Waals surface area contributed by atoms with Crippen LogP contribution in [0.1, 0.15) is 25.5 Å². The molecule has 0 bridgehead atoms. The molecule has 2 N–H and O–H groups in total. The number of hydrogen-bond donors (Lipinski definition) is 2. The number of nitrogens with one attached hydrogen (secondary N) is 1. The molecule has 102 valence electrons. The van der Waals surface area contributed by atoms with E-state index in [1.165, 1.54) is 10.9 Å². The van der Waals surface area contributed by atoms with Crippen LogP contribution in [0.3, 0.4) is 0 Å². The van der Waals surface area contributed by atoms with Gasteiger partial charge in [-0.05, 0) is 13.3 Å². The Kier molecular flexibility index (Phi) is 4.47. The second-order valence-electron chi connectivity index (χ2n) is 4.02. The van der Waals surface area contributed by atoms with Gasteiger partial charge < -0.3 is 5.11 Å². The molecule has 1 aromatic heterocycles. The van der Waals surface area contributed by atoms with Crippen molar-refractivity contribution in [3.05, 3.63) is 11.9 Å². The fourth-order valence-corrected chi connectivity index (χ4v) is 2.94. The summed E-state index contributed by atoms with van der Waals surface area (Å²) in [4.78, 5) is 10.9. The van der Waals surface area contributed by atoms with E-state index < -0.39 is 22.0 Å². The molecule has 0 amide bonds. The predicted octanol–water partition coefficient (Wildman–Crippen LogP) is 0.260. The van der Waals surface area contributed by atoms with Crippen molar-refractivity contribution in [1.82, 2.24) is 14.5 Å². The number of sulfonamides is 1. The molecule has 8 heteroatoms. The molecule has 7 nitrogen and oxygen atoms in total. The average molecular weight is 275 g/mol. The molecule has 1 rings (SSSR count). The van der Waals surface area contributed by atoms with Crippen molar-refractivity contribution in [3.8, 4) is 0 Å². The van der Waals surface area contributed by atoms with E-state index in [0.29, 0.717) is 12.1 Å². The number of aromatic nitrogens is 2. The summed E-state index contributed by atoms with van der Waals surface area (Å²) in [6.45, 7) is 3.40. The molecule has 0 saturated heterocycles. The van der Waals surface area contributed by atoms with Crippen molar-refractivity contribution in [1.29, 1.82) is 0 Å². The number of nitrogens with zero attached hydrogens (tertiary/aromatic N) is 2. The van der Waals surface area contributed by atoms with Crippen molar-refractivity contribution < 1.29 is 18.3 Å². The van der Waals surface area contributed by atoms with Gasteiger partial charge in [-0.2, -0.15) is 9.82 Å². The topological polar surface area (TPSA) is 101 Å². The number of carbonyl (C=O) groups is 1. The van der Waals surface area contributed by atoms with E-state index in [0.717, 1.165) is 0 Å². The van der Waals surface area contributed by atoms with Gasteiger partial charge in [-0.1, -0.05) is 13.3 Å². The van der Waals surface area contributed by atoms with Gasteiger partial charge in [0, 0.05) is 7.05 Å². The molecule has 1 atom stereocenters. The molecule has 1 heterocycles. The van der Waals surface area contributed by atoms with Gasteiger partial charge in [0.05, 0.1) is 11.9 Å². The van der Waals surface area contributed by atoms with Crippen LogP contribution in [0, 0.1) is 6.92 Å². The summed E-state index contributed by atoms with van der Waals surface area (Å²) in [5, 5.41) is 12.8. The normalized spacial score (nSPS) is 13.5. The summed E-state index contributed by atoms with van der Waals surface area (Å²) in [5.41, 5.74) is 0.461. The van der Waals surface area contributed by atoms with Crippen LogP contribution < -0.4 is 4.72 Å². The van der Waals surface area contributed by atoms with Gasteiger partial charge in [-0.25, -0.2) is 8.42 Å².